The van der Waals surface area contributed by atoms with Crippen LogP contribution in [0.2, 0.25) is 0 Å². The first-order chi connectivity index (χ1) is 58.8. The molecule has 0 N–H and O–H groups in total. The van der Waals surface area contributed by atoms with Gasteiger partial charge in [0.1, 0.15) is 11.5 Å². The lowest BCUT2D eigenvalue weighted by Crippen LogP contribution is -2.47. The first-order valence-corrected chi connectivity index (χ1v) is 50.7. The summed E-state index contributed by atoms with van der Waals surface area (Å²) in [6, 6.07) is 48.0. The number of halogens is 5. The van der Waals surface area contributed by atoms with Crippen LogP contribution in [0.3, 0.4) is 0 Å². The Morgan fingerprint density at radius 3 is 1.06 bits per heavy atom. The molecule has 0 unspecified atom stereocenters. The van der Waals surface area contributed by atoms with Gasteiger partial charge < -0.3 is 4.42 Å². The smallest absolute Gasteiger partial charge is 0.394 e. The Balaban J connectivity index is 0.000000471. The van der Waals surface area contributed by atoms with Gasteiger partial charge in [-0.2, -0.15) is 13.2 Å². The first-order valence-electron chi connectivity index (χ1n) is 50.7. The Hall–Kier alpha value is -5.75. The third kappa shape index (κ3) is 43.7. The molecule has 0 amide bonds. The Kier molecular flexibility index (Phi) is 52.0. The fraction of sp³-hybridized carbons (Fsp3) is 0.669. The second kappa shape index (κ2) is 56.3. The molecule has 6 saturated carbocycles. The lowest BCUT2D eigenvalue weighted by Gasteiger charge is -2.46. The summed E-state index contributed by atoms with van der Waals surface area (Å²) >= 11 is 0. The maximum Gasteiger partial charge on any atom is 0.394 e. The summed E-state index contributed by atoms with van der Waals surface area (Å²) in [5.41, 5.74) is 22.4. The van der Waals surface area contributed by atoms with Crippen molar-refractivity contribution < 1.29 is 26.4 Å². The van der Waals surface area contributed by atoms with Crippen LogP contribution in [0.5, 0.6) is 0 Å². The molecule has 1 nitrogen and oxygen atoms in total. The van der Waals surface area contributed by atoms with Gasteiger partial charge >= 0.3 is 6.18 Å². The topological polar surface area (TPSA) is 13.1 Å². The van der Waals surface area contributed by atoms with Crippen LogP contribution in [0, 0.1) is 156 Å². The zero-order chi connectivity index (χ0) is 97.0. The van der Waals surface area contributed by atoms with Crippen molar-refractivity contribution in [2.24, 2.45) is 87.3 Å². The van der Waals surface area contributed by atoms with Crippen LogP contribution in [-0.4, -0.2) is 12.1 Å². The van der Waals surface area contributed by atoms with Gasteiger partial charge in [-0.25, -0.2) is 8.78 Å². The highest BCUT2D eigenvalue weighted by molar-refractivity contribution is 5.63. The molecule has 6 aliphatic rings. The Morgan fingerprint density at radius 2 is 0.756 bits per heavy atom. The summed E-state index contributed by atoms with van der Waals surface area (Å²) in [5.74, 6) is 13.1. The molecule has 6 aliphatic carbocycles. The molecule has 1 aromatic heterocycles. The van der Waals surface area contributed by atoms with Crippen molar-refractivity contribution in [2.75, 3.05) is 0 Å². The predicted octanol–water partition coefficient (Wildman–Crippen LogP) is 40.5. The maximum absolute atomic E-state index is 12.6. The third-order valence-electron chi connectivity index (χ3n) is 29.4. The van der Waals surface area contributed by atoms with E-state index in [1.807, 2.05) is 19.9 Å². The van der Waals surface area contributed by atoms with Gasteiger partial charge in [0, 0.05) is 12.8 Å². The van der Waals surface area contributed by atoms with Crippen LogP contribution in [0.25, 0.3) is 11.1 Å². The van der Waals surface area contributed by atoms with Crippen molar-refractivity contribution in [3.8, 4) is 11.1 Å². The van der Waals surface area contributed by atoms with Crippen LogP contribution >= 0.6 is 0 Å². The van der Waals surface area contributed by atoms with Crippen molar-refractivity contribution in [3.05, 3.63) is 223 Å². The maximum atomic E-state index is 12.6. The van der Waals surface area contributed by atoms with Gasteiger partial charge in [-0.15, -0.1) is 0 Å². The fourth-order valence-corrected chi connectivity index (χ4v) is 18.2. The molecule has 0 bridgehead atoms. The van der Waals surface area contributed by atoms with E-state index >= 15 is 0 Å². The highest BCUT2D eigenvalue weighted by Gasteiger charge is 2.59. The van der Waals surface area contributed by atoms with E-state index in [4.69, 9.17) is 4.42 Å². The summed E-state index contributed by atoms with van der Waals surface area (Å²) < 4.78 is 67.9. The molecule has 6 heteroatoms. The molecule has 6 fully saturated rings. The standard InChI is InChI=1S/C15H16.4C11H16.2C10H20.C9H16F2.C9H14O.C9H18.C8H13F3.C7H14/c1-12(2)13-8-10-15(11-9-13)14-6-4-3-5-7-14;1-8(2)11-6-9(3)5-10(4)7-11;1-8(2)11-6-5-9(3)10(4)7-11;1-8(2)11-6-5-9(3)7-10(11)4;1-8(2)11-7-5-6-9(3)10(11)4;2*1-8(2)10-6-4-9(3)5-7-10;1-7(2)8-3-5-9(10,11)6-4-8;1-6(2)9-5-7(3)10-8(9)4;1-7(2)8-5-9(3,4)6-8;1-6(2)7(4-3-5-7)8(9,10)11;1-6(2)7(3)4-5-7/h3-12H,1-2H3;4*5-8H,1-4H3;2*8-10H,4-7H2,1-3H3;7-8H,3-6H2,1-2H3;5-6H,1-4H3;7-8H,5-6H2,1-4H3;6H,3-5H2,1-2H3;6H,4-5H2,1-3H3. The van der Waals surface area contributed by atoms with E-state index in [9.17, 15) is 22.0 Å². The zero-order valence-corrected chi connectivity index (χ0v) is 89.3. The number of rotatable bonds is 13. The number of aryl methyl sites for hydroxylation is 9. The van der Waals surface area contributed by atoms with Gasteiger partial charge in [-0.05, 0) is 342 Å². The Labute approximate surface area is 782 Å². The summed E-state index contributed by atoms with van der Waals surface area (Å²) in [6.45, 7) is 86.1. The molecule has 7 aromatic rings. The molecule has 0 saturated heterocycles. The van der Waals surface area contributed by atoms with Crippen LogP contribution < -0.4 is 0 Å². The second-order valence-electron chi connectivity index (χ2n) is 45.2. The molecule has 127 heavy (non-hydrogen) atoms. The van der Waals surface area contributed by atoms with Crippen molar-refractivity contribution in [1.29, 1.82) is 0 Å². The number of hydrogen-bond acceptors (Lipinski definition) is 1. The van der Waals surface area contributed by atoms with Gasteiger partial charge in [-0.1, -0.05) is 377 Å². The molecule has 1 heterocycles. The van der Waals surface area contributed by atoms with E-state index in [0.717, 1.165) is 76.6 Å². The normalized spacial score (nSPS) is 18.8. The number of furan rings is 1. The quantitative estimate of drug-likeness (QED) is 0.105. The number of alkyl halides is 5. The van der Waals surface area contributed by atoms with Gasteiger partial charge in [0.2, 0.25) is 5.92 Å². The van der Waals surface area contributed by atoms with E-state index < -0.39 is 17.5 Å². The van der Waals surface area contributed by atoms with Crippen molar-refractivity contribution in [2.45, 2.75) is 440 Å². The van der Waals surface area contributed by atoms with Crippen molar-refractivity contribution >= 4 is 0 Å². The zero-order valence-electron chi connectivity index (χ0n) is 89.3. The minimum absolute atomic E-state index is 0.107. The van der Waals surface area contributed by atoms with Crippen LogP contribution in [0.1, 0.15) is 448 Å². The summed E-state index contributed by atoms with van der Waals surface area (Å²) in [7, 11) is 0. The summed E-state index contributed by atoms with van der Waals surface area (Å²) in [4.78, 5) is 0. The molecule has 0 spiro atoms. The lowest BCUT2D eigenvalue weighted by molar-refractivity contribution is -0.267. The van der Waals surface area contributed by atoms with E-state index in [0.29, 0.717) is 78.4 Å². The molecule has 0 aliphatic heterocycles. The Morgan fingerprint density at radius 1 is 0.331 bits per heavy atom. The van der Waals surface area contributed by atoms with Crippen LogP contribution in [-0.2, 0) is 0 Å². The van der Waals surface area contributed by atoms with E-state index in [1.54, 1.807) is 13.8 Å². The minimum atomic E-state index is -3.99. The minimum Gasteiger partial charge on any atom is -0.466 e. The van der Waals surface area contributed by atoms with Gasteiger partial charge in [0.15, 0.2) is 0 Å². The molecule has 0 atom stereocenters. The molecule has 720 valence electrons. The second-order valence-corrected chi connectivity index (χ2v) is 45.2. The summed E-state index contributed by atoms with van der Waals surface area (Å²) in [5, 5.41) is 0. The Bertz CT molecular complexity index is 4020. The van der Waals surface area contributed by atoms with Gasteiger partial charge in [0.05, 0.1) is 5.41 Å². The largest absolute Gasteiger partial charge is 0.466 e. The van der Waals surface area contributed by atoms with E-state index in [-0.39, 0.29) is 18.8 Å². The molecule has 0 radical (unpaired) electrons. The molecule has 13 rings (SSSR count). The highest BCUT2D eigenvalue weighted by Crippen LogP contribution is 2.58. The predicted molar refractivity (Wildman–Crippen MR) is 553 cm³/mol. The van der Waals surface area contributed by atoms with E-state index in [1.165, 1.54) is 166 Å². The summed E-state index contributed by atoms with van der Waals surface area (Å²) in [6.07, 6.45) is 16.7. The first kappa shape index (κ1) is 117. The highest BCUT2D eigenvalue weighted by atomic mass is 19.4. The number of hydrogen-bond donors (Lipinski definition) is 0. The fourth-order valence-electron chi connectivity index (χ4n) is 18.2. The van der Waals surface area contributed by atoms with Crippen molar-refractivity contribution in [1.82, 2.24) is 0 Å². The molecular formula is C121H195F5O. The van der Waals surface area contributed by atoms with Crippen LogP contribution in [0.4, 0.5) is 22.0 Å². The number of benzene rings is 6. The SMILES string of the molecule is CC(C)C1(C(F)(F)F)CCC1.CC(C)C1(C)CC1.CC(C)C1CC(C)(C)C1.CC(C)C1CCC(F)(F)CC1.CC(C)c1ccc(-c2ccccc2)cc1.CC1CCC(C(C)C)CC1.CC1CCC(C(C)C)CC1.Cc1cc(C(C)C)c(C)o1.Cc1cc(C)cc(C(C)C)c1.Cc1ccc(C(C)C)c(C)c1.Cc1ccc(C(C)C)cc1C.Cc1cccc(C(C)C)c1C. The molecule has 6 aromatic carbocycles. The average molecular weight is 1760 g/mol. The van der Waals surface area contributed by atoms with Crippen LogP contribution in [0.15, 0.2) is 138 Å². The van der Waals surface area contributed by atoms with Crippen molar-refractivity contribution in [3.63, 3.8) is 0 Å². The monoisotopic (exact) mass is 1760 g/mol. The lowest BCUT2D eigenvalue weighted by atomic mass is 9.61. The van der Waals surface area contributed by atoms with Gasteiger partial charge in [-0.3, -0.25) is 0 Å². The average Bonchev–Trinajstić information content (AvgIpc) is 1.45. The third-order valence-corrected chi connectivity index (χ3v) is 29.4. The molecular weight excluding hydrogens is 1560 g/mol. The van der Waals surface area contributed by atoms with E-state index in [2.05, 4.69) is 370 Å². The van der Waals surface area contributed by atoms with Gasteiger partial charge in [0.25, 0.3) is 0 Å².